The molecule has 0 aliphatic carbocycles. The summed E-state index contributed by atoms with van der Waals surface area (Å²) in [5.41, 5.74) is 3.47. The number of fused-ring (bicyclic) bond motifs is 3. The first-order valence-corrected chi connectivity index (χ1v) is 9.61. The van der Waals surface area contributed by atoms with Gasteiger partial charge in [0.25, 0.3) is 0 Å². The van der Waals surface area contributed by atoms with Crippen molar-refractivity contribution in [1.29, 1.82) is 0 Å². The highest BCUT2D eigenvalue weighted by Gasteiger charge is 2.33. The van der Waals surface area contributed by atoms with Crippen molar-refractivity contribution in [1.82, 2.24) is 0 Å². The zero-order valence-corrected chi connectivity index (χ0v) is 15.3. The van der Waals surface area contributed by atoms with Crippen LogP contribution >= 0.6 is 11.8 Å². The van der Waals surface area contributed by atoms with E-state index in [-0.39, 0.29) is 17.7 Å². The fraction of sp³-hybridized carbons (Fsp3) is 0.250. The van der Waals surface area contributed by atoms with Crippen LogP contribution in [0.1, 0.15) is 25.3 Å². The van der Waals surface area contributed by atoms with E-state index < -0.39 is 0 Å². The Labute approximate surface area is 156 Å². The Balaban J connectivity index is 1.80. The van der Waals surface area contributed by atoms with Gasteiger partial charge in [-0.25, -0.2) is 5.01 Å². The van der Waals surface area contributed by atoms with Crippen molar-refractivity contribution in [2.45, 2.75) is 24.7 Å². The van der Waals surface area contributed by atoms with E-state index in [9.17, 15) is 9.59 Å². The molecular formula is C20H19N3O2S. The normalized spacial score (nSPS) is 19.1. The summed E-state index contributed by atoms with van der Waals surface area (Å²) in [6.45, 7) is 1.50. The molecule has 2 aliphatic rings. The van der Waals surface area contributed by atoms with Gasteiger partial charge < -0.3 is 5.32 Å². The highest BCUT2D eigenvalue weighted by molar-refractivity contribution is 7.99. The predicted octanol–water partition coefficient (Wildman–Crippen LogP) is 3.90. The maximum absolute atomic E-state index is 12.6. The molecule has 2 aromatic rings. The summed E-state index contributed by atoms with van der Waals surface area (Å²) in [6, 6.07) is 15.4. The highest BCUT2D eigenvalue weighted by atomic mass is 32.2. The minimum atomic E-state index is -0.102. The number of nitrogens with zero attached hydrogens (tertiary/aromatic N) is 2. The summed E-state index contributed by atoms with van der Waals surface area (Å²) in [6.07, 6.45) is 1.38. The summed E-state index contributed by atoms with van der Waals surface area (Å²) in [5, 5.41) is 9.10. The number of amides is 2. The van der Waals surface area contributed by atoms with Crippen LogP contribution in [0.2, 0.25) is 0 Å². The van der Waals surface area contributed by atoms with Gasteiger partial charge in [-0.2, -0.15) is 5.10 Å². The summed E-state index contributed by atoms with van der Waals surface area (Å²) < 4.78 is 0. The molecule has 0 saturated heterocycles. The number of hydrogen-bond donors (Lipinski definition) is 1. The van der Waals surface area contributed by atoms with Crippen LogP contribution in [0.15, 0.2) is 58.5 Å². The van der Waals surface area contributed by atoms with Crippen molar-refractivity contribution in [3.8, 4) is 0 Å². The minimum absolute atomic E-state index is 0.0245. The standard InChI is InChI=1S/C20H19N3O2S/c1-13(24)21-15-7-8-18-17(12-15)20-14(9-10-26-18)11-19(25)23(22-20)16-5-3-2-4-6-16/h2-8,12,14H,9-11H2,1H3,(H,21,24). The second-order valence-electron chi connectivity index (χ2n) is 6.46. The van der Waals surface area contributed by atoms with E-state index in [2.05, 4.69) is 5.32 Å². The van der Waals surface area contributed by atoms with E-state index in [4.69, 9.17) is 5.10 Å². The first-order chi connectivity index (χ1) is 12.6. The monoisotopic (exact) mass is 365 g/mol. The molecule has 2 amide bonds. The van der Waals surface area contributed by atoms with Crippen LogP contribution < -0.4 is 10.3 Å². The van der Waals surface area contributed by atoms with E-state index in [1.807, 2.05) is 48.5 Å². The fourth-order valence-corrected chi connectivity index (χ4v) is 4.48. The van der Waals surface area contributed by atoms with Crippen molar-refractivity contribution in [3.05, 3.63) is 54.1 Å². The van der Waals surface area contributed by atoms with Gasteiger partial charge in [0, 0.05) is 35.4 Å². The Hall–Kier alpha value is -2.60. The van der Waals surface area contributed by atoms with Crippen molar-refractivity contribution in [2.24, 2.45) is 11.0 Å². The number of hydrazone groups is 1. The molecule has 2 aromatic carbocycles. The third-order valence-electron chi connectivity index (χ3n) is 4.55. The number of hydrogen-bond acceptors (Lipinski definition) is 4. The van der Waals surface area contributed by atoms with Gasteiger partial charge >= 0.3 is 0 Å². The van der Waals surface area contributed by atoms with Gasteiger partial charge in [-0.05, 0) is 42.5 Å². The lowest BCUT2D eigenvalue weighted by Crippen LogP contribution is -2.37. The molecule has 6 heteroatoms. The first-order valence-electron chi connectivity index (χ1n) is 8.63. The van der Waals surface area contributed by atoms with Crippen molar-refractivity contribution < 1.29 is 9.59 Å². The Morgan fingerprint density at radius 1 is 1.23 bits per heavy atom. The van der Waals surface area contributed by atoms with Crippen molar-refractivity contribution in [2.75, 3.05) is 16.1 Å². The second-order valence-corrected chi connectivity index (χ2v) is 7.59. The fourth-order valence-electron chi connectivity index (χ4n) is 3.37. The minimum Gasteiger partial charge on any atom is -0.326 e. The molecule has 0 aromatic heterocycles. The average Bonchev–Trinajstić information content (AvgIpc) is 2.80. The summed E-state index contributed by atoms with van der Waals surface area (Å²) >= 11 is 1.78. The Morgan fingerprint density at radius 2 is 2.04 bits per heavy atom. The number of para-hydroxylation sites is 1. The van der Waals surface area contributed by atoms with Crippen LogP contribution in [0.25, 0.3) is 0 Å². The molecule has 0 saturated carbocycles. The van der Waals surface area contributed by atoms with Crippen LogP contribution in [-0.2, 0) is 9.59 Å². The Morgan fingerprint density at radius 3 is 2.81 bits per heavy atom. The SMILES string of the molecule is CC(=O)Nc1ccc2c(c1)C1=NN(c3ccccc3)C(=O)CC1CCS2. The van der Waals surface area contributed by atoms with E-state index in [1.165, 1.54) is 11.9 Å². The van der Waals surface area contributed by atoms with Gasteiger partial charge in [0.2, 0.25) is 11.8 Å². The molecule has 0 radical (unpaired) electrons. The lowest BCUT2D eigenvalue weighted by molar-refractivity contribution is -0.119. The smallest absolute Gasteiger partial charge is 0.248 e. The van der Waals surface area contributed by atoms with Crippen LogP contribution in [0.4, 0.5) is 11.4 Å². The third kappa shape index (κ3) is 3.24. The zero-order valence-electron chi connectivity index (χ0n) is 14.4. The predicted molar refractivity (Wildman–Crippen MR) is 105 cm³/mol. The number of carbonyl (C=O) groups is 2. The summed E-state index contributed by atoms with van der Waals surface area (Å²) in [5.74, 6) is 0.990. The molecule has 1 N–H and O–H groups in total. The van der Waals surface area contributed by atoms with E-state index in [0.717, 1.165) is 39.7 Å². The van der Waals surface area contributed by atoms with E-state index in [0.29, 0.717) is 6.42 Å². The van der Waals surface area contributed by atoms with Crippen LogP contribution in [-0.4, -0.2) is 23.3 Å². The largest absolute Gasteiger partial charge is 0.326 e. The van der Waals surface area contributed by atoms with Crippen molar-refractivity contribution in [3.63, 3.8) is 0 Å². The van der Waals surface area contributed by atoms with Gasteiger partial charge in [-0.15, -0.1) is 11.8 Å². The molecule has 1 atom stereocenters. The summed E-state index contributed by atoms with van der Waals surface area (Å²) in [7, 11) is 0. The molecular weight excluding hydrogens is 346 g/mol. The number of thioether (sulfide) groups is 1. The third-order valence-corrected chi connectivity index (χ3v) is 5.66. The highest BCUT2D eigenvalue weighted by Crippen LogP contribution is 2.37. The molecule has 5 nitrogen and oxygen atoms in total. The maximum atomic E-state index is 12.6. The molecule has 4 rings (SSSR count). The second kappa shape index (κ2) is 6.96. The van der Waals surface area contributed by atoms with Gasteiger partial charge in [0.1, 0.15) is 0 Å². The lowest BCUT2D eigenvalue weighted by atomic mass is 9.89. The Kier molecular flexibility index (Phi) is 4.51. The number of benzene rings is 2. The van der Waals surface area contributed by atoms with Gasteiger partial charge in [0.05, 0.1) is 11.4 Å². The summed E-state index contributed by atoms with van der Waals surface area (Å²) in [4.78, 5) is 25.2. The molecule has 2 aliphatic heterocycles. The van der Waals surface area contributed by atoms with E-state index in [1.54, 1.807) is 11.8 Å². The Bertz CT molecular complexity index is 895. The molecule has 0 fully saturated rings. The zero-order chi connectivity index (χ0) is 18.1. The number of rotatable bonds is 2. The van der Waals surface area contributed by atoms with Gasteiger partial charge in [-0.1, -0.05) is 18.2 Å². The topological polar surface area (TPSA) is 61.8 Å². The van der Waals surface area contributed by atoms with Crippen molar-refractivity contribution >= 4 is 40.7 Å². The van der Waals surface area contributed by atoms with Crippen LogP contribution in [0.5, 0.6) is 0 Å². The molecule has 2 heterocycles. The van der Waals surface area contributed by atoms with Gasteiger partial charge in [-0.3, -0.25) is 9.59 Å². The molecule has 1 unspecified atom stereocenters. The first kappa shape index (κ1) is 16.8. The molecule has 132 valence electrons. The van der Waals surface area contributed by atoms with Crippen LogP contribution in [0.3, 0.4) is 0 Å². The quantitative estimate of drug-likeness (QED) is 0.878. The number of anilines is 2. The van der Waals surface area contributed by atoms with E-state index >= 15 is 0 Å². The van der Waals surface area contributed by atoms with Crippen LogP contribution in [0, 0.1) is 5.92 Å². The average molecular weight is 365 g/mol. The van der Waals surface area contributed by atoms with Gasteiger partial charge in [0.15, 0.2) is 0 Å². The number of carbonyl (C=O) groups excluding carboxylic acids is 2. The maximum Gasteiger partial charge on any atom is 0.248 e. The lowest BCUT2D eigenvalue weighted by Gasteiger charge is -2.29. The number of nitrogens with one attached hydrogen (secondary N) is 1. The molecule has 26 heavy (non-hydrogen) atoms. The molecule has 0 spiro atoms. The molecule has 0 bridgehead atoms.